The summed E-state index contributed by atoms with van der Waals surface area (Å²) >= 11 is 7.47. The normalized spacial score (nSPS) is 12.4. The Labute approximate surface area is 182 Å². The molecule has 0 radical (unpaired) electrons. The van der Waals surface area contributed by atoms with Crippen LogP contribution in [0.5, 0.6) is 0 Å². The van der Waals surface area contributed by atoms with E-state index in [-0.39, 0.29) is 11.6 Å². The summed E-state index contributed by atoms with van der Waals surface area (Å²) in [7, 11) is 1.62. The Balaban J connectivity index is 1.64. The number of hydrogen-bond donors (Lipinski definition) is 0. The number of thioether (sulfide) groups is 1. The Bertz CT molecular complexity index is 1240. The molecule has 0 bridgehead atoms. The lowest BCUT2D eigenvalue weighted by Crippen LogP contribution is -2.28. The van der Waals surface area contributed by atoms with Crippen molar-refractivity contribution in [2.75, 3.05) is 13.7 Å². The first-order valence-electron chi connectivity index (χ1n) is 9.40. The second kappa shape index (κ2) is 9.04. The molecule has 1 atom stereocenters. The standard InChI is InChI=1S/C22H20ClN3O3S/c1-14(12-28-2)26-21(27)17-8-3-4-9-18(17)25-22(26)30-13-20-24-11-19(29-20)15-6-5-7-16(23)10-15/h3-11,14H,12-13H2,1-2H3. The van der Waals surface area contributed by atoms with Crippen LogP contribution in [0.15, 0.2) is 69.1 Å². The third-order valence-corrected chi connectivity index (χ3v) is 5.78. The molecule has 1 unspecified atom stereocenters. The molecule has 0 aliphatic carbocycles. The van der Waals surface area contributed by atoms with Crippen LogP contribution in [0.2, 0.25) is 5.02 Å². The summed E-state index contributed by atoms with van der Waals surface area (Å²) in [4.78, 5) is 22.2. The molecule has 0 amide bonds. The molecule has 30 heavy (non-hydrogen) atoms. The minimum absolute atomic E-state index is 0.0836. The van der Waals surface area contributed by atoms with Crippen LogP contribution in [-0.2, 0) is 10.5 Å². The minimum Gasteiger partial charge on any atom is -0.440 e. The third-order valence-electron chi connectivity index (χ3n) is 4.61. The van der Waals surface area contributed by atoms with E-state index in [0.717, 1.165) is 5.56 Å². The van der Waals surface area contributed by atoms with Crippen LogP contribution in [0.3, 0.4) is 0 Å². The summed E-state index contributed by atoms with van der Waals surface area (Å²) in [5, 5.41) is 1.83. The van der Waals surface area contributed by atoms with Gasteiger partial charge in [-0.15, -0.1) is 0 Å². The van der Waals surface area contributed by atoms with Crippen LogP contribution in [0, 0.1) is 0 Å². The van der Waals surface area contributed by atoms with Crippen molar-refractivity contribution in [1.29, 1.82) is 0 Å². The predicted octanol–water partition coefficient (Wildman–Crippen LogP) is 5.20. The second-order valence-electron chi connectivity index (χ2n) is 6.81. The van der Waals surface area contributed by atoms with Gasteiger partial charge in [0.2, 0.25) is 5.89 Å². The fraction of sp³-hybridized carbons (Fsp3) is 0.227. The van der Waals surface area contributed by atoms with Crippen molar-refractivity contribution in [2.24, 2.45) is 0 Å². The molecule has 0 aliphatic heterocycles. The zero-order chi connectivity index (χ0) is 21.1. The number of methoxy groups -OCH3 is 1. The molecule has 4 aromatic rings. The molecule has 0 aliphatic rings. The summed E-state index contributed by atoms with van der Waals surface area (Å²) in [6.45, 7) is 2.35. The number of halogens is 1. The summed E-state index contributed by atoms with van der Waals surface area (Å²) < 4.78 is 12.8. The summed E-state index contributed by atoms with van der Waals surface area (Å²) in [5.41, 5.74) is 1.44. The Kier molecular flexibility index (Phi) is 6.22. The van der Waals surface area contributed by atoms with E-state index in [2.05, 4.69) is 4.98 Å². The molecule has 154 valence electrons. The smallest absolute Gasteiger partial charge is 0.262 e. The van der Waals surface area contributed by atoms with Gasteiger partial charge in [0.1, 0.15) is 0 Å². The highest BCUT2D eigenvalue weighted by atomic mass is 35.5. The maximum Gasteiger partial charge on any atom is 0.262 e. The van der Waals surface area contributed by atoms with Crippen LogP contribution in [-0.4, -0.2) is 28.3 Å². The largest absolute Gasteiger partial charge is 0.440 e. The zero-order valence-electron chi connectivity index (χ0n) is 16.5. The van der Waals surface area contributed by atoms with Gasteiger partial charge in [-0.2, -0.15) is 0 Å². The maximum absolute atomic E-state index is 13.1. The number of hydrogen-bond acceptors (Lipinski definition) is 6. The number of ether oxygens (including phenoxy) is 1. The van der Waals surface area contributed by atoms with E-state index >= 15 is 0 Å². The molecule has 0 spiro atoms. The lowest BCUT2D eigenvalue weighted by Gasteiger charge is -2.18. The van der Waals surface area contributed by atoms with Crippen LogP contribution >= 0.6 is 23.4 Å². The first kappa shape index (κ1) is 20.7. The lowest BCUT2D eigenvalue weighted by atomic mass is 10.2. The Morgan fingerprint density at radius 2 is 2.07 bits per heavy atom. The van der Waals surface area contributed by atoms with Gasteiger partial charge in [-0.3, -0.25) is 9.36 Å². The summed E-state index contributed by atoms with van der Waals surface area (Å²) in [5.74, 6) is 1.62. The van der Waals surface area contributed by atoms with Gasteiger partial charge in [0.15, 0.2) is 10.9 Å². The van der Waals surface area contributed by atoms with Crippen LogP contribution in [0.4, 0.5) is 0 Å². The van der Waals surface area contributed by atoms with Gasteiger partial charge in [0.25, 0.3) is 5.56 Å². The van der Waals surface area contributed by atoms with Gasteiger partial charge in [0.05, 0.1) is 35.5 Å². The van der Waals surface area contributed by atoms with Gasteiger partial charge in [-0.25, -0.2) is 9.97 Å². The molecule has 2 aromatic heterocycles. The highest BCUT2D eigenvalue weighted by Crippen LogP contribution is 2.28. The fourth-order valence-electron chi connectivity index (χ4n) is 3.21. The van der Waals surface area contributed by atoms with Crippen LogP contribution in [0.25, 0.3) is 22.2 Å². The molecular weight excluding hydrogens is 422 g/mol. The van der Waals surface area contributed by atoms with Crippen molar-refractivity contribution in [3.05, 3.63) is 76.0 Å². The van der Waals surface area contributed by atoms with Crippen molar-refractivity contribution >= 4 is 34.3 Å². The van der Waals surface area contributed by atoms with Crippen molar-refractivity contribution in [3.63, 3.8) is 0 Å². The van der Waals surface area contributed by atoms with Crippen LogP contribution in [0.1, 0.15) is 18.9 Å². The van der Waals surface area contributed by atoms with E-state index in [4.69, 9.17) is 25.7 Å². The first-order chi connectivity index (χ1) is 14.6. The van der Waals surface area contributed by atoms with Crippen molar-refractivity contribution in [2.45, 2.75) is 23.9 Å². The van der Waals surface area contributed by atoms with Gasteiger partial charge in [-0.05, 0) is 31.2 Å². The lowest BCUT2D eigenvalue weighted by molar-refractivity contribution is 0.156. The highest BCUT2D eigenvalue weighted by molar-refractivity contribution is 7.98. The molecule has 0 saturated heterocycles. The maximum atomic E-state index is 13.1. The van der Waals surface area contributed by atoms with Gasteiger partial charge >= 0.3 is 0 Å². The average Bonchev–Trinajstić information content (AvgIpc) is 3.21. The predicted molar refractivity (Wildman–Crippen MR) is 119 cm³/mol. The second-order valence-corrected chi connectivity index (χ2v) is 8.19. The summed E-state index contributed by atoms with van der Waals surface area (Å²) in [6, 6.07) is 14.6. The Hall–Kier alpha value is -2.61. The van der Waals surface area contributed by atoms with E-state index < -0.39 is 0 Å². The van der Waals surface area contributed by atoms with E-state index in [9.17, 15) is 4.79 Å². The quantitative estimate of drug-likeness (QED) is 0.290. The number of fused-ring (bicyclic) bond motifs is 1. The Morgan fingerprint density at radius 3 is 2.87 bits per heavy atom. The molecule has 6 nitrogen and oxygen atoms in total. The molecule has 2 aromatic carbocycles. The van der Waals surface area contributed by atoms with E-state index in [1.165, 1.54) is 11.8 Å². The third kappa shape index (κ3) is 4.28. The van der Waals surface area contributed by atoms with Crippen molar-refractivity contribution < 1.29 is 9.15 Å². The zero-order valence-corrected chi connectivity index (χ0v) is 18.1. The molecular formula is C22H20ClN3O3S. The topological polar surface area (TPSA) is 70.2 Å². The Morgan fingerprint density at radius 1 is 1.23 bits per heavy atom. The number of nitrogens with zero attached hydrogens (tertiary/aromatic N) is 3. The fourth-order valence-corrected chi connectivity index (χ4v) is 4.35. The average molecular weight is 442 g/mol. The number of aromatic nitrogens is 3. The SMILES string of the molecule is COCC(C)n1c(SCc2ncc(-c3cccc(Cl)c3)o2)nc2ccccc2c1=O. The number of oxazole rings is 1. The highest BCUT2D eigenvalue weighted by Gasteiger charge is 2.17. The van der Waals surface area contributed by atoms with E-state index in [1.54, 1.807) is 23.9 Å². The molecule has 0 saturated carbocycles. The molecule has 4 rings (SSSR count). The number of para-hydroxylation sites is 1. The molecule has 0 N–H and O–H groups in total. The van der Waals surface area contributed by atoms with Crippen molar-refractivity contribution in [1.82, 2.24) is 14.5 Å². The van der Waals surface area contributed by atoms with E-state index in [0.29, 0.717) is 45.1 Å². The number of benzene rings is 2. The number of rotatable bonds is 7. The van der Waals surface area contributed by atoms with E-state index in [1.807, 2.05) is 49.4 Å². The monoisotopic (exact) mass is 441 g/mol. The van der Waals surface area contributed by atoms with Crippen molar-refractivity contribution in [3.8, 4) is 11.3 Å². The van der Waals surface area contributed by atoms with Gasteiger partial charge in [0, 0.05) is 17.7 Å². The first-order valence-corrected chi connectivity index (χ1v) is 10.8. The van der Waals surface area contributed by atoms with Crippen LogP contribution < -0.4 is 5.56 Å². The minimum atomic E-state index is -0.159. The molecule has 8 heteroatoms. The molecule has 0 fully saturated rings. The summed E-state index contributed by atoms with van der Waals surface area (Å²) in [6.07, 6.45) is 1.68. The van der Waals surface area contributed by atoms with Gasteiger partial charge < -0.3 is 9.15 Å². The van der Waals surface area contributed by atoms with Gasteiger partial charge in [-0.1, -0.05) is 47.6 Å². The molecule has 2 heterocycles.